The second-order valence-corrected chi connectivity index (χ2v) is 8.19. The van der Waals surface area contributed by atoms with Gasteiger partial charge in [0.25, 0.3) is 0 Å². The molecule has 6 nitrogen and oxygen atoms in total. The second-order valence-electron chi connectivity index (χ2n) is 7.16. The van der Waals surface area contributed by atoms with Crippen LogP contribution >= 0.6 is 11.3 Å². The predicted molar refractivity (Wildman–Crippen MR) is 121 cm³/mol. The van der Waals surface area contributed by atoms with Crippen LogP contribution in [-0.4, -0.2) is 20.7 Å². The smallest absolute Gasteiger partial charge is 0.220 e. The predicted octanol–water partition coefficient (Wildman–Crippen LogP) is 4.99. The highest BCUT2D eigenvalue weighted by Gasteiger charge is 2.11. The minimum atomic E-state index is -0.0228. The summed E-state index contributed by atoms with van der Waals surface area (Å²) in [6.45, 7) is 0.354. The molecule has 0 aliphatic heterocycles. The first-order valence-electron chi connectivity index (χ1n) is 10.0. The molecule has 0 radical (unpaired) electrons. The van der Waals surface area contributed by atoms with Crippen LogP contribution in [0.1, 0.15) is 17.7 Å². The third-order valence-corrected chi connectivity index (χ3v) is 5.97. The number of nitrogens with one attached hydrogen (secondary N) is 1. The first kappa shape index (κ1) is 19.3. The number of rotatable bonds is 7. The topological polar surface area (TPSA) is 73.0 Å². The number of carbonyl (C=O) groups is 1. The minimum absolute atomic E-state index is 0.0228. The molecule has 0 aliphatic rings. The molecule has 2 aromatic carbocycles. The van der Waals surface area contributed by atoms with Crippen LogP contribution in [0, 0.1) is 0 Å². The number of nitrogens with zero attached hydrogens (tertiary/aromatic N) is 3. The molecule has 1 amide bonds. The van der Waals surface area contributed by atoms with E-state index in [1.807, 2.05) is 77.6 Å². The van der Waals surface area contributed by atoms with Crippen molar-refractivity contribution < 1.29 is 9.21 Å². The lowest BCUT2D eigenvalue weighted by Gasteiger charge is -2.02. The molecule has 0 spiro atoms. The van der Waals surface area contributed by atoms with Gasteiger partial charge in [0, 0.05) is 12.6 Å². The van der Waals surface area contributed by atoms with Crippen molar-refractivity contribution in [2.24, 2.45) is 0 Å². The van der Waals surface area contributed by atoms with Gasteiger partial charge >= 0.3 is 0 Å². The highest BCUT2D eigenvalue weighted by atomic mass is 32.1. The molecule has 5 aromatic rings. The van der Waals surface area contributed by atoms with Crippen molar-refractivity contribution in [3.8, 4) is 16.5 Å². The summed E-state index contributed by atoms with van der Waals surface area (Å²) >= 11 is 1.59. The van der Waals surface area contributed by atoms with Crippen molar-refractivity contribution in [1.82, 2.24) is 20.1 Å². The zero-order valence-corrected chi connectivity index (χ0v) is 17.5. The highest BCUT2D eigenvalue weighted by molar-refractivity contribution is 7.21. The Morgan fingerprint density at radius 3 is 2.74 bits per heavy atom. The first-order chi connectivity index (χ1) is 15.2. The summed E-state index contributed by atoms with van der Waals surface area (Å²) < 4.78 is 8.83. The van der Waals surface area contributed by atoms with Gasteiger partial charge in [0.1, 0.15) is 5.76 Å². The zero-order valence-electron chi connectivity index (χ0n) is 16.7. The van der Waals surface area contributed by atoms with Crippen LogP contribution in [0.5, 0.6) is 0 Å². The van der Waals surface area contributed by atoms with E-state index >= 15 is 0 Å². The van der Waals surface area contributed by atoms with Crippen molar-refractivity contribution in [1.29, 1.82) is 0 Å². The number of amides is 1. The fourth-order valence-corrected chi connectivity index (χ4v) is 4.24. The number of aryl methyl sites for hydroxylation is 1. The molecular formula is C24H20N4O2S. The fourth-order valence-electron chi connectivity index (χ4n) is 3.31. The molecule has 154 valence electrons. The largest absolute Gasteiger partial charge is 0.457 e. The molecule has 1 N–H and O–H groups in total. The summed E-state index contributed by atoms with van der Waals surface area (Å²) in [5.74, 6) is 1.41. The van der Waals surface area contributed by atoms with E-state index in [-0.39, 0.29) is 5.91 Å². The molecule has 5 rings (SSSR count). The van der Waals surface area contributed by atoms with E-state index < -0.39 is 0 Å². The number of thiazole rings is 1. The van der Waals surface area contributed by atoms with Gasteiger partial charge in [-0.3, -0.25) is 4.79 Å². The summed E-state index contributed by atoms with van der Waals surface area (Å²) in [5.41, 5.74) is 2.99. The molecule has 0 unspecified atom stereocenters. The quantitative estimate of drug-likeness (QED) is 0.396. The molecular weight excluding hydrogens is 408 g/mol. The van der Waals surface area contributed by atoms with Crippen molar-refractivity contribution in [2.75, 3.05) is 0 Å². The summed E-state index contributed by atoms with van der Waals surface area (Å²) in [5, 5.41) is 8.13. The van der Waals surface area contributed by atoms with Crippen LogP contribution in [-0.2, 0) is 17.8 Å². The average molecular weight is 429 g/mol. The number of fused-ring (bicyclic) bond motifs is 1. The van der Waals surface area contributed by atoms with Gasteiger partial charge in [0.15, 0.2) is 10.8 Å². The van der Waals surface area contributed by atoms with Crippen LogP contribution in [0.3, 0.4) is 0 Å². The lowest BCUT2D eigenvalue weighted by molar-refractivity contribution is -0.121. The van der Waals surface area contributed by atoms with Gasteiger partial charge in [0.2, 0.25) is 5.91 Å². The van der Waals surface area contributed by atoms with Crippen LogP contribution in [0.15, 0.2) is 83.5 Å². The summed E-state index contributed by atoms with van der Waals surface area (Å²) in [4.78, 5) is 16.9. The lowest BCUT2D eigenvalue weighted by atomic mass is 10.2. The molecule has 0 bridgehead atoms. The zero-order chi connectivity index (χ0) is 21.0. The van der Waals surface area contributed by atoms with E-state index in [2.05, 4.69) is 15.4 Å². The van der Waals surface area contributed by atoms with E-state index in [1.54, 1.807) is 17.5 Å². The fraction of sp³-hybridized carbons (Fsp3) is 0.125. The SMILES string of the molecule is O=C(CCc1cnn(-c2ccccc2)c1)NCc1ccc(-c2nc3ccccc3s2)o1. The summed E-state index contributed by atoms with van der Waals surface area (Å²) in [6.07, 6.45) is 4.79. The van der Waals surface area contributed by atoms with E-state index in [1.165, 1.54) is 0 Å². The Morgan fingerprint density at radius 1 is 1.03 bits per heavy atom. The Kier molecular flexibility index (Phi) is 5.33. The van der Waals surface area contributed by atoms with Crippen molar-refractivity contribution >= 4 is 27.5 Å². The van der Waals surface area contributed by atoms with E-state index in [0.717, 1.165) is 32.2 Å². The molecule has 3 heterocycles. The number of hydrogen-bond acceptors (Lipinski definition) is 5. The number of furan rings is 1. The van der Waals surface area contributed by atoms with E-state index in [0.29, 0.717) is 25.1 Å². The lowest BCUT2D eigenvalue weighted by Crippen LogP contribution is -2.22. The van der Waals surface area contributed by atoms with Crippen molar-refractivity contribution in [3.05, 3.63) is 90.4 Å². The maximum Gasteiger partial charge on any atom is 0.220 e. The highest BCUT2D eigenvalue weighted by Crippen LogP contribution is 2.31. The van der Waals surface area contributed by atoms with Crippen LogP contribution < -0.4 is 5.32 Å². The molecule has 31 heavy (non-hydrogen) atoms. The Morgan fingerprint density at radius 2 is 1.87 bits per heavy atom. The van der Waals surface area contributed by atoms with Gasteiger partial charge in [0.05, 0.1) is 28.6 Å². The number of para-hydroxylation sites is 2. The first-order valence-corrected chi connectivity index (χ1v) is 10.9. The van der Waals surface area contributed by atoms with Gasteiger partial charge in [-0.1, -0.05) is 30.3 Å². The summed E-state index contributed by atoms with van der Waals surface area (Å²) in [6, 6.07) is 21.7. The number of aromatic nitrogens is 3. The molecule has 0 aliphatic carbocycles. The van der Waals surface area contributed by atoms with Crippen LogP contribution in [0.25, 0.3) is 26.7 Å². The average Bonchev–Trinajstić information content (AvgIpc) is 3.56. The van der Waals surface area contributed by atoms with Gasteiger partial charge < -0.3 is 9.73 Å². The standard InChI is InChI=1S/C24H20N4O2S/c29-23(13-10-17-14-26-28(16-17)18-6-2-1-3-7-18)25-15-19-11-12-21(30-19)24-27-20-8-4-5-9-22(20)31-24/h1-9,11-12,14,16H,10,13,15H2,(H,25,29). The maximum atomic E-state index is 12.3. The van der Waals surface area contributed by atoms with Crippen molar-refractivity contribution in [3.63, 3.8) is 0 Å². The number of hydrogen-bond donors (Lipinski definition) is 1. The molecule has 0 saturated heterocycles. The Labute approximate surface area is 183 Å². The van der Waals surface area contributed by atoms with Crippen LogP contribution in [0.4, 0.5) is 0 Å². The van der Waals surface area contributed by atoms with Gasteiger partial charge in [-0.25, -0.2) is 9.67 Å². The van der Waals surface area contributed by atoms with E-state index in [9.17, 15) is 4.79 Å². The van der Waals surface area contributed by atoms with Crippen molar-refractivity contribution in [2.45, 2.75) is 19.4 Å². The molecule has 7 heteroatoms. The molecule has 3 aromatic heterocycles. The molecule has 0 fully saturated rings. The summed E-state index contributed by atoms with van der Waals surface area (Å²) in [7, 11) is 0. The third-order valence-electron chi connectivity index (χ3n) is 4.92. The Bertz CT molecular complexity index is 1290. The third kappa shape index (κ3) is 4.41. The van der Waals surface area contributed by atoms with E-state index in [4.69, 9.17) is 4.42 Å². The minimum Gasteiger partial charge on any atom is -0.457 e. The maximum absolute atomic E-state index is 12.3. The van der Waals surface area contributed by atoms with Gasteiger partial charge in [-0.15, -0.1) is 11.3 Å². The van der Waals surface area contributed by atoms with Gasteiger partial charge in [-0.05, 0) is 48.4 Å². The normalized spacial score (nSPS) is 11.1. The van der Waals surface area contributed by atoms with Gasteiger partial charge in [-0.2, -0.15) is 5.10 Å². The molecule has 0 atom stereocenters. The van der Waals surface area contributed by atoms with Crippen LogP contribution in [0.2, 0.25) is 0 Å². The Balaban J connectivity index is 1.14. The number of carbonyl (C=O) groups excluding carboxylic acids is 1. The monoisotopic (exact) mass is 428 g/mol. The molecule has 0 saturated carbocycles. The second kappa shape index (κ2) is 8.57. The Hall–Kier alpha value is -3.71. The number of benzene rings is 2.